The Hall–Kier alpha value is -2.16. The number of benzene rings is 2. The Morgan fingerprint density at radius 3 is 2.38 bits per heavy atom. The molecule has 0 aliphatic carbocycles. The van der Waals surface area contributed by atoms with Crippen molar-refractivity contribution in [2.24, 2.45) is 0 Å². The second kappa shape index (κ2) is 3.17. The molecule has 0 unspecified atom stereocenters. The summed E-state index contributed by atoms with van der Waals surface area (Å²) in [5, 5.41) is 0. The summed E-state index contributed by atoms with van der Waals surface area (Å²) in [4.78, 5) is 9.15. The van der Waals surface area contributed by atoms with Gasteiger partial charge in [-0.15, -0.1) is 0 Å². The van der Waals surface area contributed by atoms with Crippen LogP contribution in [0.25, 0.3) is 22.1 Å². The van der Waals surface area contributed by atoms with E-state index < -0.39 is 0 Å². The number of nitrogen functional groups attached to an aromatic ring is 1. The van der Waals surface area contributed by atoms with Crippen molar-refractivity contribution >= 4 is 27.8 Å². The molecule has 0 radical (unpaired) electrons. The second-order valence-electron chi connectivity index (χ2n) is 3.88. The largest absolute Gasteiger partial charge is 0.397 e. The predicted molar refractivity (Wildman–Crippen MR) is 66.2 cm³/mol. The maximum absolute atomic E-state index is 5.89. The minimum Gasteiger partial charge on any atom is -0.397 e. The third kappa shape index (κ3) is 1.21. The van der Waals surface area contributed by atoms with Crippen molar-refractivity contribution in [1.29, 1.82) is 0 Å². The molecule has 0 atom stereocenters. The van der Waals surface area contributed by atoms with Gasteiger partial charge in [0.05, 0.1) is 22.2 Å². The summed E-state index contributed by atoms with van der Waals surface area (Å²) in [7, 11) is 0. The van der Waals surface area contributed by atoms with Crippen LogP contribution in [0.1, 0.15) is 5.56 Å². The highest BCUT2D eigenvalue weighted by Crippen LogP contribution is 2.22. The van der Waals surface area contributed by atoms with Crippen molar-refractivity contribution in [3.05, 3.63) is 42.0 Å². The lowest BCUT2D eigenvalue weighted by atomic mass is 10.2. The Morgan fingerprint density at radius 2 is 1.56 bits per heavy atom. The molecular formula is C13H11N3. The van der Waals surface area contributed by atoms with Gasteiger partial charge < -0.3 is 5.73 Å². The van der Waals surface area contributed by atoms with E-state index in [-0.39, 0.29) is 0 Å². The third-order valence-electron chi connectivity index (χ3n) is 2.73. The quantitative estimate of drug-likeness (QED) is 0.457. The molecule has 3 nitrogen and oxygen atoms in total. The molecule has 0 saturated heterocycles. The number of aromatic nitrogens is 2. The second-order valence-corrected chi connectivity index (χ2v) is 3.88. The summed E-state index contributed by atoms with van der Waals surface area (Å²) < 4.78 is 0. The third-order valence-corrected chi connectivity index (χ3v) is 2.73. The fourth-order valence-corrected chi connectivity index (χ4v) is 1.88. The van der Waals surface area contributed by atoms with Crippen LogP contribution in [-0.4, -0.2) is 9.97 Å². The predicted octanol–water partition coefficient (Wildman–Crippen LogP) is 2.67. The number of aryl methyl sites for hydroxylation is 1. The Bertz CT molecular complexity index is 632. The fourth-order valence-electron chi connectivity index (χ4n) is 1.88. The lowest BCUT2D eigenvalue weighted by Crippen LogP contribution is -1.93. The summed E-state index contributed by atoms with van der Waals surface area (Å²) in [5.41, 5.74) is 11.2. The zero-order valence-corrected chi connectivity index (χ0v) is 8.94. The summed E-state index contributed by atoms with van der Waals surface area (Å²) in [6.45, 7) is 2.03. The highest BCUT2D eigenvalue weighted by Gasteiger charge is 2.05. The van der Waals surface area contributed by atoms with E-state index in [1.54, 1.807) is 0 Å². The van der Waals surface area contributed by atoms with Gasteiger partial charge in [-0.2, -0.15) is 0 Å². The number of hydrogen-bond donors (Lipinski definition) is 1. The molecule has 3 heteroatoms. The van der Waals surface area contributed by atoms with Gasteiger partial charge in [0, 0.05) is 0 Å². The van der Waals surface area contributed by atoms with Crippen molar-refractivity contribution in [3.8, 4) is 0 Å². The van der Waals surface area contributed by atoms with Gasteiger partial charge in [-0.25, -0.2) is 9.97 Å². The molecule has 16 heavy (non-hydrogen) atoms. The molecule has 78 valence electrons. The van der Waals surface area contributed by atoms with E-state index in [4.69, 9.17) is 5.73 Å². The first kappa shape index (κ1) is 9.09. The van der Waals surface area contributed by atoms with E-state index in [0.29, 0.717) is 5.69 Å². The van der Waals surface area contributed by atoms with Gasteiger partial charge in [-0.1, -0.05) is 18.2 Å². The smallest absolute Gasteiger partial charge is 0.112 e. The molecule has 3 rings (SSSR count). The number of rotatable bonds is 0. The van der Waals surface area contributed by atoms with Crippen LogP contribution in [0.2, 0.25) is 0 Å². The lowest BCUT2D eigenvalue weighted by Gasteiger charge is -2.04. The maximum atomic E-state index is 5.89. The standard InChI is InChI=1S/C13H11N3/c1-8-4-2-6-10-12(8)16-13-9(14)5-3-7-11(13)15-10/h2-7H,14H2,1H3. The van der Waals surface area contributed by atoms with E-state index in [2.05, 4.69) is 9.97 Å². The van der Waals surface area contributed by atoms with E-state index in [9.17, 15) is 0 Å². The van der Waals surface area contributed by atoms with Crippen LogP contribution in [0.15, 0.2) is 36.4 Å². The number of para-hydroxylation sites is 2. The summed E-state index contributed by atoms with van der Waals surface area (Å²) in [6, 6.07) is 11.7. The minimum atomic E-state index is 0.676. The van der Waals surface area contributed by atoms with Gasteiger partial charge in [0.15, 0.2) is 0 Å². The van der Waals surface area contributed by atoms with Gasteiger partial charge in [-0.05, 0) is 30.7 Å². The first-order valence-corrected chi connectivity index (χ1v) is 5.17. The molecule has 0 fully saturated rings. The average Bonchev–Trinajstić information content (AvgIpc) is 2.28. The van der Waals surface area contributed by atoms with Crippen molar-refractivity contribution < 1.29 is 0 Å². The van der Waals surface area contributed by atoms with E-state index >= 15 is 0 Å². The Labute approximate surface area is 92.9 Å². The molecule has 0 aliphatic rings. The first-order chi connectivity index (χ1) is 7.75. The van der Waals surface area contributed by atoms with Gasteiger partial charge in [0.25, 0.3) is 0 Å². The van der Waals surface area contributed by atoms with Crippen molar-refractivity contribution in [3.63, 3.8) is 0 Å². The molecule has 0 amide bonds. The molecule has 0 spiro atoms. The Kier molecular flexibility index (Phi) is 1.80. The highest BCUT2D eigenvalue weighted by atomic mass is 14.8. The zero-order chi connectivity index (χ0) is 11.1. The zero-order valence-electron chi connectivity index (χ0n) is 8.94. The number of anilines is 1. The fraction of sp³-hybridized carbons (Fsp3) is 0.0769. The van der Waals surface area contributed by atoms with Crippen LogP contribution in [0.3, 0.4) is 0 Å². The van der Waals surface area contributed by atoms with Crippen LogP contribution < -0.4 is 5.73 Å². The lowest BCUT2D eigenvalue weighted by molar-refractivity contribution is 1.36. The topological polar surface area (TPSA) is 51.8 Å². The Balaban J connectivity index is 2.55. The number of hydrogen-bond acceptors (Lipinski definition) is 3. The van der Waals surface area contributed by atoms with Gasteiger partial charge in [0.2, 0.25) is 0 Å². The van der Waals surface area contributed by atoms with Crippen molar-refractivity contribution in [1.82, 2.24) is 9.97 Å². The van der Waals surface area contributed by atoms with Crippen molar-refractivity contribution in [2.75, 3.05) is 5.73 Å². The Morgan fingerprint density at radius 1 is 0.875 bits per heavy atom. The van der Waals surface area contributed by atoms with Crippen LogP contribution >= 0.6 is 0 Å². The normalized spacial score (nSPS) is 11.1. The summed E-state index contributed by atoms with van der Waals surface area (Å²) in [6.07, 6.45) is 0. The van der Waals surface area contributed by atoms with Crippen LogP contribution in [0, 0.1) is 6.92 Å². The molecule has 0 bridgehead atoms. The van der Waals surface area contributed by atoms with Crippen LogP contribution in [-0.2, 0) is 0 Å². The SMILES string of the molecule is Cc1cccc2nc3cccc(N)c3nc12. The van der Waals surface area contributed by atoms with E-state index in [1.807, 2.05) is 43.3 Å². The first-order valence-electron chi connectivity index (χ1n) is 5.17. The molecule has 0 saturated carbocycles. The summed E-state index contributed by atoms with van der Waals surface area (Å²) in [5.74, 6) is 0. The average molecular weight is 209 g/mol. The van der Waals surface area contributed by atoms with Gasteiger partial charge in [-0.3, -0.25) is 0 Å². The van der Waals surface area contributed by atoms with Gasteiger partial charge in [0.1, 0.15) is 5.52 Å². The molecule has 0 aliphatic heterocycles. The molecule has 3 aromatic rings. The van der Waals surface area contributed by atoms with Gasteiger partial charge >= 0.3 is 0 Å². The highest BCUT2D eigenvalue weighted by molar-refractivity contribution is 5.93. The summed E-state index contributed by atoms with van der Waals surface area (Å²) >= 11 is 0. The number of fused-ring (bicyclic) bond motifs is 2. The maximum Gasteiger partial charge on any atom is 0.112 e. The van der Waals surface area contributed by atoms with E-state index in [0.717, 1.165) is 27.6 Å². The minimum absolute atomic E-state index is 0.676. The monoisotopic (exact) mass is 209 g/mol. The number of nitrogens with zero attached hydrogens (tertiary/aromatic N) is 2. The molecule has 2 aromatic carbocycles. The van der Waals surface area contributed by atoms with E-state index in [1.165, 1.54) is 0 Å². The molecule has 1 heterocycles. The molecule has 1 aromatic heterocycles. The van der Waals surface area contributed by atoms with Crippen LogP contribution in [0.4, 0.5) is 5.69 Å². The molecular weight excluding hydrogens is 198 g/mol. The van der Waals surface area contributed by atoms with Crippen molar-refractivity contribution in [2.45, 2.75) is 6.92 Å². The molecule has 2 N–H and O–H groups in total. The van der Waals surface area contributed by atoms with Crippen LogP contribution in [0.5, 0.6) is 0 Å². The number of nitrogens with two attached hydrogens (primary N) is 1.